The predicted molar refractivity (Wildman–Crippen MR) is 74.3 cm³/mol. The maximum absolute atomic E-state index is 11.1. The summed E-state index contributed by atoms with van der Waals surface area (Å²) in [5, 5.41) is 15.3. The number of rotatable bonds is 4. The van der Waals surface area contributed by atoms with Gasteiger partial charge in [-0.15, -0.1) is 0 Å². The highest BCUT2D eigenvalue weighted by Gasteiger charge is 2.19. The molecule has 2 aromatic heterocycles. The predicted octanol–water partition coefficient (Wildman–Crippen LogP) is 1.87. The van der Waals surface area contributed by atoms with E-state index in [1.54, 1.807) is 24.7 Å². The summed E-state index contributed by atoms with van der Waals surface area (Å²) in [6, 6.07) is -0.0924. The summed E-state index contributed by atoms with van der Waals surface area (Å²) in [5.74, 6) is 0. The van der Waals surface area contributed by atoms with Crippen molar-refractivity contribution in [3.05, 3.63) is 51.1 Å². The Morgan fingerprint density at radius 1 is 1.45 bits per heavy atom. The minimum absolute atomic E-state index is 0.0924. The van der Waals surface area contributed by atoms with Crippen LogP contribution in [-0.2, 0) is 6.54 Å². The fourth-order valence-corrected chi connectivity index (χ4v) is 2.06. The molecule has 2 N–H and O–H groups in total. The lowest BCUT2D eigenvalue weighted by atomic mass is 10.1. The zero-order valence-electron chi connectivity index (χ0n) is 11.7. The molecule has 0 fully saturated rings. The van der Waals surface area contributed by atoms with Gasteiger partial charge in [-0.1, -0.05) is 0 Å². The molecule has 0 aromatic carbocycles. The lowest BCUT2D eigenvalue weighted by molar-refractivity contribution is -0.386. The van der Waals surface area contributed by atoms with E-state index in [0.29, 0.717) is 23.4 Å². The summed E-state index contributed by atoms with van der Waals surface area (Å²) >= 11 is 0. The van der Waals surface area contributed by atoms with Crippen LogP contribution in [0.1, 0.15) is 35.3 Å². The van der Waals surface area contributed by atoms with Gasteiger partial charge >= 0.3 is 0 Å². The number of nitrogens with two attached hydrogens (primary N) is 1. The van der Waals surface area contributed by atoms with Gasteiger partial charge in [-0.25, -0.2) is 0 Å². The number of nitro groups is 1. The summed E-state index contributed by atoms with van der Waals surface area (Å²) < 4.78 is 1.69. The molecular formula is C13H17N5O2. The van der Waals surface area contributed by atoms with Crippen LogP contribution in [0.4, 0.5) is 5.69 Å². The molecule has 0 spiro atoms. The minimum atomic E-state index is -0.369. The number of hydrogen-bond acceptors (Lipinski definition) is 5. The Kier molecular flexibility index (Phi) is 3.80. The van der Waals surface area contributed by atoms with Gasteiger partial charge in [0.2, 0.25) is 0 Å². The third kappa shape index (κ3) is 2.67. The van der Waals surface area contributed by atoms with Crippen LogP contribution in [0, 0.1) is 24.0 Å². The molecule has 2 heterocycles. The van der Waals surface area contributed by atoms with E-state index in [9.17, 15) is 10.1 Å². The van der Waals surface area contributed by atoms with Gasteiger partial charge in [0, 0.05) is 29.6 Å². The first-order valence-electron chi connectivity index (χ1n) is 6.27. The number of aromatic nitrogens is 3. The molecule has 0 aliphatic carbocycles. The van der Waals surface area contributed by atoms with Gasteiger partial charge in [0.15, 0.2) is 0 Å². The lowest BCUT2D eigenvalue weighted by Gasteiger charge is -2.07. The van der Waals surface area contributed by atoms with E-state index in [1.807, 2.05) is 13.1 Å². The quantitative estimate of drug-likeness (QED) is 0.678. The summed E-state index contributed by atoms with van der Waals surface area (Å²) in [5.41, 5.74) is 8.60. The lowest BCUT2D eigenvalue weighted by Crippen LogP contribution is -2.08. The Morgan fingerprint density at radius 2 is 2.15 bits per heavy atom. The SMILES string of the molecule is Cc1cnc(Cn2cc(C(C)N)cn2)c(C)c1[N+](=O)[O-]. The molecule has 0 amide bonds. The van der Waals surface area contributed by atoms with Crippen molar-refractivity contribution in [2.24, 2.45) is 5.73 Å². The fourth-order valence-electron chi connectivity index (χ4n) is 2.06. The molecule has 1 unspecified atom stereocenters. The van der Waals surface area contributed by atoms with Crippen LogP contribution in [0.5, 0.6) is 0 Å². The second-order valence-electron chi connectivity index (χ2n) is 4.88. The third-order valence-corrected chi connectivity index (χ3v) is 3.25. The van der Waals surface area contributed by atoms with Crippen molar-refractivity contribution in [2.45, 2.75) is 33.4 Å². The Labute approximate surface area is 116 Å². The number of hydrogen-bond donors (Lipinski definition) is 1. The van der Waals surface area contributed by atoms with Crippen LogP contribution in [0.25, 0.3) is 0 Å². The molecule has 106 valence electrons. The van der Waals surface area contributed by atoms with Crippen LogP contribution in [0.2, 0.25) is 0 Å². The van der Waals surface area contributed by atoms with Gasteiger partial charge in [-0.05, 0) is 20.8 Å². The van der Waals surface area contributed by atoms with E-state index >= 15 is 0 Å². The number of aryl methyl sites for hydroxylation is 1. The van der Waals surface area contributed by atoms with Crippen LogP contribution >= 0.6 is 0 Å². The highest BCUT2D eigenvalue weighted by atomic mass is 16.6. The summed E-state index contributed by atoms with van der Waals surface area (Å²) in [6.07, 6.45) is 5.05. The van der Waals surface area contributed by atoms with E-state index in [-0.39, 0.29) is 16.7 Å². The van der Waals surface area contributed by atoms with E-state index in [0.717, 1.165) is 5.56 Å². The van der Waals surface area contributed by atoms with Crippen molar-refractivity contribution >= 4 is 5.69 Å². The first-order chi connectivity index (χ1) is 9.40. The molecule has 1 atom stereocenters. The fraction of sp³-hybridized carbons (Fsp3) is 0.385. The van der Waals surface area contributed by atoms with Crippen molar-refractivity contribution < 1.29 is 4.92 Å². The number of pyridine rings is 1. The van der Waals surface area contributed by atoms with Crippen molar-refractivity contribution in [3.63, 3.8) is 0 Å². The smallest absolute Gasteiger partial charge is 0.278 e. The first kappa shape index (κ1) is 14.1. The summed E-state index contributed by atoms with van der Waals surface area (Å²) in [7, 11) is 0. The van der Waals surface area contributed by atoms with Crippen molar-refractivity contribution in [3.8, 4) is 0 Å². The first-order valence-corrected chi connectivity index (χ1v) is 6.27. The average molecular weight is 275 g/mol. The highest BCUT2D eigenvalue weighted by Crippen LogP contribution is 2.24. The van der Waals surface area contributed by atoms with Gasteiger partial charge in [0.25, 0.3) is 5.69 Å². The van der Waals surface area contributed by atoms with Crippen LogP contribution in [0.3, 0.4) is 0 Å². The highest BCUT2D eigenvalue weighted by molar-refractivity contribution is 5.47. The molecule has 7 nitrogen and oxygen atoms in total. The summed E-state index contributed by atoms with van der Waals surface area (Å²) in [6.45, 7) is 5.66. The molecule has 0 aliphatic heterocycles. The van der Waals surface area contributed by atoms with Crippen LogP contribution < -0.4 is 5.73 Å². The Balaban J connectivity index is 2.34. The molecule has 0 aliphatic rings. The average Bonchev–Trinajstić information content (AvgIpc) is 2.81. The Bertz CT molecular complexity index is 648. The van der Waals surface area contributed by atoms with Gasteiger partial charge < -0.3 is 5.73 Å². The molecule has 0 bridgehead atoms. The van der Waals surface area contributed by atoms with Crippen LogP contribution in [0.15, 0.2) is 18.6 Å². The second-order valence-corrected chi connectivity index (χ2v) is 4.88. The van der Waals surface area contributed by atoms with E-state index in [1.165, 1.54) is 6.20 Å². The molecule has 20 heavy (non-hydrogen) atoms. The van der Waals surface area contributed by atoms with E-state index in [2.05, 4.69) is 10.1 Å². The monoisotopic (exact) mass is 275 g/mol. The van der Waals surface area contributed by atoms with Crippen molar-refractivity contribution in [1.82, 2.24) is 14.8 Å². The van der Waals surface area contributed by atoms with E-state index in [4.69, 9.17) is 5.73 Å². The minimum Gasteiger partial charge on any atom is -0.324 e. The molecule has 0 saturated heterocycles. The maximum Gasteiger partial charge on any atom is 0.278 e. The number of nitrogens with zero attached hydrogens (tertiary/aromatic N) is 4. The van der Waals surface area contributed by atoms with Gasteiger partial charge in [0.1, 0.15) is 0 Å². The second kappa shape index (κ2) is 5.38. The molecule has 2 aromatic rings. The molecule has 2 rings (SSSR count). The topological polar surface area (TPSA) is 99.9 Å². The molecule has 0 saturated carbocycles. The van der Waals surface area contributed by atoms with Crippen molar-refractivity contribution in [1.29, 1.82) is 0 Å². The van der Waals surface area contributed by atoms with Crippen molar-refractivity contribution in [2.75, 3.05) is 0 Å². The standard InChI is InChI=1S/C13H17N5O2/c1-8-4-15-12(9(2)13(8)18(19)20)7-17-6-11(5-16-17)10(3)14/h4-6,10H,7,14H2,1-3H3. The van der Waals surface area contributed by atoms with Gasteiger partial charge in [0.05, 0.1) is 28.9 Å². The van der Waals surface area contributed by atoms with Gasteiger partial charge in [-0.2, -0.15) is 5.10 Å². The molecule has 7 heteroatoms. The molecule has 0 radical (unpaired) electrons. The summed E-state index contributed by atoms with van der Waals surface area (Å²) in [4.78, 5) is 15.0. The molecular weight excluding hydrogens is 258 g/mol. The van der Waals surface area contributed by atoms with Gasteiger partial charge in [-0.3, -0.25) is 19.8 Å². The third-order valence-electron chi connectivity index (χ3n) is 3.25. The normalized spacial score (nSPS) is 12.4. The maximum atomic E-state index is 11.1. The van der Waals surface area contributed by atoms with Crippen LogP contribution in [-0.4, -0.2) is 19.7 Å². The Hall–Kier alpha value is -2.28. The Morgan fingerprint density at radius 3 is 2.70 bits per heavy atom. The largest absolute Gasteiger partial charge is 0.324 e. The van der Waals surface area contributed by atoms with E-state index < -0.39 is 0 Å². The zero-order valence-corrected chi connectivity index (χ0v) is 11.7. The zero-order chi connectivity index (χ0) is 14.9.